The molecular formula is C18H32IN5O2. The van der Waals surface area contributed by atoms with Crippen molar-refractivity contribution in [2.45, 2.75) is 65.0 Å². The first-order valence-corrected chi connectivity index (χ1v) is 9.26. The molecule has 0 aliphatic heterocycles. The quantitative estimate of drug-likeness (QED) is 0.358. The monoisotopic (exact) mass is 477 g/mol. The summed E-state index contributed by atoms with van der Waals surface area (Å²) in [6.45, 7) is 4.86. The highest BCUT2D eigenvalue weighted by Crippen LogP contribution is 2.18. The normalized spacial score (nSPS) is 14.8. The molecule has 1 saturated carbocycles. The van der Waals surface area contributed by atoms with Crippen LogP contribution in [0.1, 0.15) is 56.5 Å². The van der Waals surface area contributed by atoms with Crippen LogP contribution >= 0.6 is 24.0 Å². The average molecular weight is 477 g/mol. The molecule has 1 heterocycles. The highest BCUT2D eigenvalue weighted by Gasteiger charge is 2.18. The van der Waals surface area contributed by atoms with Crippen molar-refractivity contribution in [3.8, 4) is 0 Å². The second kappa shape index (κ2) is 11.4. The zero-order chi connectivity index (χ0) is 18.2. The van der Waals surface area contributed by atoms with Crippen molar-refractivity contribution >= 4 is 35.8 Å². The molecule has 2 rings (SSSR count). The summed E-state index contributed by atoms with van der Waals surface area (Å²) in [5.74, 6) is 1.60. The molecule has 1 aromatic rings. The van der Waals surface area contributed by atoms with Crippen molar-refractivity contribution in [2.75, 3.05) is 20.6 Å². The molecule has 1 fully saturated rings. The lowest BCUT2D eigenvalue weighted by Crippen LogP contribution is -2.46. The molecule has 7 nitrogen and oxygen atoms in total. The van der Waals surface area contributed by atoms with Gasteiger partial charge in [0.2, 0.25) is 5.91 Å². The van der Waals surface area contributed by atoms with Crippen LogP contribution in [0, 0.1) is 0 Å². The summed E-state index contributed by atoms with van der Waals surface area (Å²) in [5.41, 5.74) is 2.03. The van der Waals surface area contributed by atoms with Crippen LogP contribution in [0.3, 0.4) is 0 Å². The van der Waals surface area contributed by atoms with Crippen LogP contribution in [0.15, 0.2) is 9.52 Å². The first-order chi connectivity index (χ1) is 12.0. The second-order valence-corrected chi connectivity index (χ2v) is 6.67. The molecule has 148 valence electrons. The van der Waals surface area contributed by atoms with E-state index >= 15 is 0 Å². The summed E-state index contributed by atoms with van der Waals surface area (Å²) in [5, 5.41) is 10.8. The first-order valence-electron chi connectivity index (χ1n) is 9.26. The Morgan fingerprint density at radius 3 is 2.54 bits per heavy atom. The molecule has 0 saturated heterocycles. The lowest BCUT2D eigenvalue weighted by Gasteiger charge is -2.18. The van der Waals surface area contributed by atoms with Gasteiger partial charge in [-0.15, -0.1) is 24.0 Å². The number of aryl methyl sites for hydroxylation is 2. The maximum Gasteiger partial charge on any atom is 0.241 e. The number of carbonyl (C=O) groups is 1. The van der Waals surface area contributed by atoms with E-state index in [4.69, 9.17) is 9.52 Å². The molecule has 0 bridgehead atoms. The van der Waals surface area contributed by atoms with Gasteiger partial charge in [-0.05, 0) is 19.3 Å². The van der Waals surface area contributed by atoms with Crippen molar-refractivity contribution in [1.82, 2.24) is 20.7 Å². The number of nitrogens with zero attached hydrogens (tertiary/aromatic N) is 3. The van der Waals surface area contributed by atoms with Crippen molar-refractivity contribution in [3.63, 3.8) is 0 Å². The van der Waals surface area contributed by atoms with E-state index in [1.54, 1.807) is 19.0 Å². The molecule has 2 N–H and O–H groups in total. The van der Waals surface area contributed by atoms with Crippen LogP contribution in [0.2, 0.25) is 0 Å². The molecule has 1 aliphatic carbocycles. The molecule has 0 spiro atoms. The fraction of sp³-hybridized carbons (Fsp3) is 0.722. The minimum Gasteiger partial charge on any atom is -0.361 e. The number of amides is 1. The number of nitrogens with one attached hydrogen (secondary N) is 2. The third-order valence-electron chi connectivity index (χ3n) is 4.60. The number of carbonyl (C=O) groups excluding carboxylic acids is 1. The van der Waals surface area contributed by atoms with Crippen LogP contribution in [0.25, 0.3) is 0 Å². The summed E-state index contributed by atoms with van der Waals surface area (Å²) < 4.78 is 5.41. The number of likely N-dealkylation sites (N-methyl/N-ethyl adjacent to an activating group) is 1. The van der Waals surface area contributed by atoms with Gasteiger partial charge in [-0.1, -0.05) is 31.8 Å². The predicted octanol–water partition coefficient (Wildman–Crippen LogP) is 2.48. The number of guanidine groups is 1. The number of aliphatic imine (C=N–C) groups is 1. The average Bonchev–Trinajstić information content (AvgIpc) is 3.25. The van der Waals surface area contributed by atoms with Gasteiger partial charge in [0.15, 0.2) is 5.96 Å². The number of hydrogen-bond donors (Lipinski definition) is 2. The molecule has 0 atom stereocenters. The fourth-order valence-corrected chi connectivity index (χ4v) is 3.01. The van der Waals surface area contributed by atoms with Crippen molar-refractivity contribution < 1.29 is 9.32 Å². The SMILES string of the molecule is CCc1noc(CC)c1CN=C(NCC(=O)N(C)C)NC1CCCC1.I. The first kappa shape index (κ1) is 22.7. The molecule has 1 amide bonds. The Labute approximate surface area is 173 Å². The van der Waals surface area contributed by atoms with Crippen LogP contribution in [-0.4, -0.2) is 48.6 Å². The summed E-state index contributed by atoms with van der Waals surface area (Å²) in [6.07, 6.45) is 6.41. The van der Waals surface area contributed by atoms with Crippen LogP contribution in [0.4, 0.5) is 0 Å². The maximum atomic E-state index is 11.9. The third-order valence-corrected chi connectivity index (χ3v) is 4.60. The third kappa shape index (κ3) is 6.44. The molecule has 8 heteroatoms. The van der Waals surface area contributed by atoms with E-state index in [-0.39, 0.29) is 36.4 Å². The van der Waals surface area contributed by atoms with Gasteiger partial charge in [0.1, 0.15) is 5.76 Å². The van der Waals surface area contributed by atoms with Crippen molar-refractivity contribution in [1.29, 1.82) is 0 Å². The molecule has 0 unspecified atom stereocenters. The second-order valence-electron chi connectivity index (χ2n) is 6.67. The number of aromatic nitrogens is 1. The highest BCUT2D eigenvalue weighted by atomic mass is 127. The minimum absolute atomic E-state index is 0. The Bertz CT molecular complexity index is 573. The molecule has 26 heavy (non-hydrogen) atoms. The zero-order valence-electron chi connectivity index (χ0n) is 16.3. The van der Waals surface area contributed by atoms with E-state index in [9.17, 15) is 4.79 Å². The number of rotatable bonds is 7. The van der Waals surface area contributed by atoms with E-state index in [0.29, 0.717) is 18.5 Å². The van der Waals surface area contributed by atoms with E-state index in [2.05, 4.69) is 29.6 Å². The lowest BCUT2D eigenvalue weighted by atomic mass is 10.1. The van der Waals surface area contributed by atoms with E-state index in [0.717, 1.165) is 42.7 Å². The van der Waals surface area contributed by atoms with Gasteiger partial charge in [-0.25, -0.2) is 4.99 Å². The predicted molar refractivity (Wildman–Crippen MR) is 114 cm³/mol. The number of hydrogen-bond acceptors (Lipinski definition) is 4. The Morgan fingerprint density at radius 1 is 1.27 bits per heavy atom. The number of halogens is 1. The molecule has 0 radical (unpaired) electrons. The Balaban J connectivity index is 0.00000338. The standard InChI is InChI=1S/C18H31N5O2.HI/c1-5-15-14(16(6-2)25-22-15)11-19-18(20-12-17(24)23(3)4)21-13-9-7-8-10-13;/h13H,5-12H2,1-4H3,(H2,19,20,21);1H. The van der Waals surface area contributed by atoms with Gasteiger partial charge in [0.25, 0.3) is 0 Å². The topological polar surface area (TPSA) is 82.8 Å². The molecular weight excluding hydrogens is 445 g/mol. The summed E-state index contributed by atoms with van der Waals surface area (Å²) in [7, 11) is 3.51. The Hall–Kier alpha value is -1.32. The minimum atomic E-state index is 0. The molecule has 0 aromatic carbocycles. The largest absolute Gasteiger partial charge is 0.361 e. The van der Waals surface area contributed by atoms with E-state index in [1.807, 2.05) is 0 Å². The smallest absolute Gasteiger partial charge is 0.241 e. The highest BCUT2D eigenvalue weighted by molar-refractivity contribution is 14.0. The lowest BCUT2D eigenvalue weighted by molar-refractivity contribution is -0.127. The van der Waals surface area contributed by atoms with Crippen molar-refractivity contribution in [2.24, 2.45) is 4.99 Å². The maximum absolute atomic E-state index is 11.9. The van der Waals surface area contributed by atoms with Crippen LogP contribution in [-0.2, 0) is 24.2 Å². The van der Waals surface area contributed by atoms with Crippen LogP contribution < -0.4 is 10.6 Å². The summed E-state index contributed by atoms with van der Waals surface area (Å²) in [6, 6.07) is 0.430. The summed E-state index contributed by atoms with van der Waals surface area (Å²) in [4.78, 5) is 18.1. The van der Waals surface area contributed by atoms with Gasteiger partial charge in [-0.3, -0.25) is 4.79 Å². The summed E-state index contributed by atoms with van der Waals surface area (Å²) >= 11 is 0. The Kier molecular flexibility index (Phi) is 9.97. The van der Waals surface area contributed by atoms with Gasteiger partial charge in [0, 0.05) is 32.1 Å². The van der Waals surface area contributed by atoms with E-state index in [1.165, 1.54) is 12.8 Å². The molecule has 1 aromatic heterocycles. The molecule has 1 aliphatic rings. The van der Waals surface area contributed by atoms with Gasteiger partial charge < -0.3 is 20.1 Å². The van der Waals surface area contributed by atoms with Gasteiger partial charge in [-0.2, -0.15) is 0 Å². The van der Waals surface area contributed by atoms with E-state index < -0.39 is 0 Å². The fourth-order valence-electron chi connectivity index (χ4n) is 3.01. The van der Waals surface area contributed by atoms with Crippen molar-refractivity contribution in [3.05, 3.63) is 17.0 Å². The van der Waals surface area contributed by atoms with Gasteiger partial charge >= 0.3 is 0 Å². The zero-order valence-corrected chi connectivity index (χ0v) is 18.6. The van der Waals surface area contributed by atoms with Gasteiger partial charge in [0.05, 0.1) is 18.8 Å². The van der Waals surface area contributed by atoms with Crippen LogP contribution in [0.5, 0.6) is 0 Å². The Morgan fingerprint density at radius 2 is 1.96 bits per heavy atom.